The van der Waals surface area contributed by atoms with Gasteiger partial charge in [-0.25, -0.2) is 8.78 Å². The molecule has 2 aliphatic heterocycles. The second-order valence-corrected chi connectivity index (χ2v) is 10.0. The minimum Gasteiger partial charge on any atom is -0.433 e. The summed E-state index contributed by atoms with van der Waals surface area (Å²) in [6.45, 7) is 1.90. The number of carbonyl (C=O) groups excluding carboxylic acids is 4. The van der Waals surface area contributed by atoms with Crippen LogP contribution in [0, 0.1) is 11.6 Å². The summed E-state index contributed by atoms with van der Waals surface area (Å²) in [7, 11) is 2.94. The molecule has 40 heavy (non-hydrogen) atoms. The zero-order valence-corrected chi connectivity index (χ0v) is 22.5. The van der Waals surface area contributed by atoms with Crippen molar-refractivity contribution in [3.63, 3.8) is 0 Å². The molecule has 4 atom stereocenters. The smallest absolute Gasteiger partial charge is 0.310 e. The van der Waals surface area contributed by atoms with Gasteiger partial charge in [-0.3, -0.25) is 19.2 Å². The first-order valence-corrected chi connectivity index (χ1v) is 13.0. The number of ether oxygens (including phenoxy) is 2. The number of rotatable bonds is 9. The van der Waals surface area contributed by atoms with E-state index in [9.17, 15) is 28.0 Å². The van der Waals surface area contributed by atoms with Crippen LogP contribution in [0.1, 0.15) is 42.1 Å². The molecule has 0 saturated carbocycles. The van der Waals surface area contributed by atoms with Gasteiger partial charge in [-0.05, 0) is 37.5 Å². The van der Waals surface area contributed by atoms with E-state index in [1.807, 2.05) is 30.3 Å². The molecule has 3 amide bonds. The third kappa shape index (κ3) is 6.56. The molecule has 2 saturated heterocycles. The molecule has 214 valence electrons. The molecule has 2 aromatic rings. The highest BCUT2D eigenvalue weighted by Crippen LogP contribution is 2.24. The van der Waals surface area contributed by atoms with E-state index < -0.39 is 59.7 Å². The minimum atomic E-state index is -1.07. The highest BCUT2D eigenvalue weighted by Gasteiger charge is 2.41. The summed E-state index contributed by atoms with van der Waals surface area (Å²) in [4.78, 5) is 53.6. The zero-order valence-electron chi connectivity index (χ0n) is 22.5. The van der Waals surface area contributed by atoms with Crippen molar-refractivity contribution in [1.82, 2.24) is 15.5 Å². The van der Waals surface area contributed by atoms with E-state index in [-0.39, 0.29) is 30.8 Å². The Kier molecular flexibility index (Phi) is 8.98. The van der Waals surface area contributed by atoms with Crippen molar-refractivity contribution in [3.8, 4) is 0 Å². The molecular formula is C28H32F2N4O6. The lowest BCUT2D eigenvalue weighted by molar-refractivity contribution is -0.168. The fraction of sp³-hybridized carbons (Fsp3) is 0.429. The highest BCUT2D eigenvalue weighted by atomic mass is 19.1. The third-order valence-corrected chi connectivity index (χ3v) is 6.83. The topological polar surface area (TPSA) is 117 Å². The summed E-state index contributed by atoms with van der Waals surface area (Å²) >= 11 is 0. The van der Waals surface area contributed by atoms with E-state index in [0.29, 0.717) is 12.8 Å². The Morgan fingerprint density at radius 3 is 2.48 bits per heavy atom. The minimum absolute atomic E-state index is 0.0714. The predicted molar refractivity (Wildman–Crippen MR) is 140 cm³/mol. The highest BCUT2D eigenvalue weighted by molar-refractivity contribution is 5.98. The number of amides is 3. The van der Waals surface area contributed by atoms with E-state index in [1.54, 1.807) is 0 Å². The monoisotopic (exact) mass is 558 g/mol. The number of hydrogen-bond donors (Lipinski definition) is 2. The lowest BCUT2D eigenvalue weighted by Crippen LogP contribution is -2.54. The van der Waals surface area contributed by atoms with Crippen molar-refractivity contribution in [2.45, 2.75) is 57.2 Å². The fourth-order valence-electron chi connectivity index (χ4n) is 4.85. The van der Waals surface area contributed by atoms with E-state index in [0.717, 1.165) is 17.7 Å². The number of esters is 1. The summed E-state index contributed by atoms with van der Waals surface area (Å²) in [5, 5.41) is 5.24. The number of hydrogen-bond acceptors (Lipinski definition) is 7. The molecular weight excluding hydrogens is 526 g/mol. The van der Waals surface area contributed by atoms with Crippen molar-refractivity contribution in [1.29, 1.82) is 0 Å². The second kappa shape index (κ2) is 12.4. The Balaban J connectivity index is 1.36. The van der Waals surface area contributed by atoms with Crippen molar-refractivity contribution >= 4 is 29.4 Å². The van der Waals surface area contributed by atoms with Gasteiger partial charge in [-0.15, -0.1) is 0 Å². The third-order valence-electron chi connectivity index (χ3n) is 6.83. The molecule has 10 nitrogen and oxygen atoms in total. The number of cyclic esters (lactones) is 1. The second-order valence-electron chi connectivity index (χ2n) is 10.0. The first-order valence-electron chi connectivity index (χ1n) is 13.0. The summed E-state index contributed by atoms with van der Waals surface area (Å²) < 4.78 is 39.6. The number of carbonyl (C=O) groups is 4. The van der Waals surface area contributed by atoms with Gasteiger partial charge < -0.3 is 29.9 Å². The van der Waals surface area contributed by atoms with Crippen LogP contribution in [0.15, 0.2) is 42.5 Å². The SMILES string of the molecule is C[C@H](NC(=O)c1cc(F)c(N(C)C)c(F)c1)C(=O)N1CCC[C@H]1C(=O)NC1CC(=O)OC1OCc1ccccc1. The average molecular weight is 559 g/mol. The molecule has 0 aromatic heterocycles. The van der Waals surface area contributed by atoms with E-state index in [4.69, 9.17) is 9.47 Å². The summed E-state index contributed by atoms with van der Waals surface area (Å²) in [5.41, 5.74) is 0.315. The van der Waals surface area contributed by atoms with Crippen LogP contribution in [0.4, 0.5) is 14.5 Å². The van der Waals surface area contributed by atoms with Gasteiger partial charge >= 0.3 is 5.97 Å². The van der Waals surface area contributed by atoms with Crippen molar-refractivity contribution in [3.05, 3.63) is 65.2 Å². The number of halogens is 2. The van der Waals surface area contributed by atoms with Crippen LogP contribution >= 0.6 is 0 Å². The van der Waals surface area contributed by atoms with E-state index >= 15 is 0 Å². The number of benzene rings is 2. The lowest BCUT2D eigenvalue weighted by atomic mass is 10.1. The van der Waals surface area contributed by atoms with Gasteiger partial charge in [0.05, 0.1) is 13.0 Å². The van der Waals surface area contributed by atoms with E-state index in [2.05, 4.69) is 10.6 Å². The molecule has 2 aromatic carbocycles. The molecule has 4 rings (SSSR count). The Morgan fingerprint density at radius 2 is 1.82 bits per heavy atom. The summed E-state index contributed by atoms with van der Waals surface area (Å²) in [6, 6.07) is 8.47. The Labute approximate surface area is 230 Å². The normalized spacial score (nSPS) is 21.1. The Hall–Kier alpha value is -4.06. The van der Waals surface area contributed by atoms with Gasteiger partial charge in [-0.2, -0.15) is 0 Å². The standard InChI is InChI=1S/C28H32F2N4O6/c1-16(31-25(36)18-12-19(29)24(33(2)3)20(30)13-18)27(38)34-11-7-10-22(34)26(37)32-21-14-23(35)40-28(21)39-15-17-8-5-4-6-9-17/h4-6,8-9,12-13,16,21-22,28H,7,10-11,14-15H2,1-3H3,(H,31,36)(H,32,37)/t16-,21?,22-,28?/m0/s1. The van der Waals surface area contributed by atoms with Crippen LogP contribution in [0.25, 0.3) is 0 Å². The number of anilines is 1. The van der Waals surface area contributed by atoms with Crippen molar-refractivity contribution in [2.24, 2.45) is 0 Å². The Bertz CT molecular complexity index is 1250. The van der Waals surface area contributed by atoms with Gasteiger partial charge in [0.1, 0.15) is 35.4 Å². The maximum atomic E-state index is 14.3. The molecule has 2 N–H and O–H groups in total. The molecule has 0 aliphatic carbocycles. The molecule has 2 unspecified atom stereocenters. The number of nitrogens with one attached hydrogen (secondary N) is 2. The lowest BCUT2D eigenvalue weighted by Gasteiger charge is -2.28. The van der Waals surface area contributed by atoms with E-state index in [1.165, 1.54) is 30.8 Å². The van der Waals surface area contributed by atoms with Crippen LogP contribution in [0.3, 0.4) is 0 Å². The maximum absolute atomic E-state index is 14.3. The van der Waals surface area contributed by atoms with Crippen LogP contribution in [-0.2, 0) is 30.5 Å². The fourth-order valence-corrected chi connectivity index (χ4v) is 4.85. The van der Waals surface area contributed by atoms with Crippen LogP contribution in [-0.4, -0.2) is 73.6 Å². The van der Waals surface area contributed by atoms with Crippen molar-refractivity contribution in [2.75, 3.05) is 25.5 Å². The molecule has 0 bridgehead atoms. The average Bonchev–Trinajstić information content (AvgIpc) is 3.53. The molecule has 12 heteroatoms. The first-order chi connectivity index (χ1) is 19.0. The number of nitrogens with zero attached hydrogens (tertiary/aromatic N) is 2. The first kappa shape index (κ1) is 28.9. The summed E-state index contributed by atoms with van der Waals surface area (Å²) in [6.07, 6.45) is -0.100. The van der Waals surface area contributed by atoms with Crippen LogP contribution < -0.4 is 15.5 Å². The van der Waals surface area contributed by atoms with Gasteiger partial charge in [0, 0.05) is 26.2 Å². The summed E-state index contributed by atoms with van der Waals surface area (Å²) in [5.74, 6) is -4.15. The van der Waals surface area contributed by atoms with Crippen LogP contribution in [0.2, 0.25) is 0 Å². The maximum Gasteiger partial charge on any atom is 0.310 e. The van der Waals surface area contributed by atoms with Crippen LogP contribution in [0.5, 0.6) is 0 Å². The van der Waals surface area contributed by atoms with Crippen molar-refractivity contribution < 1.29 is 37.4 Å². The zero-order chi connectivity index (χ0) is 29.0. The molecule has 0 spiro atoms. The largest absolute Gasteiger partial charge is 0.433 e. The van der Waals surface area contributed by atoms with Gasteiger partial charge in [0.15, 0.2) is 0 Å². The molecule has 0 radical (unpaired) electrons. The van der Waals surface area contributed by atoms with Gasteiger partial charge in [-0.1, -0.05) is 30.3 Å². The van der Waals surface area contributed by atoms with Gasteiger partial charge in [0.25, 0.3) is 5.91 Å². The van der Waals surface area contributed by atoms with Gasteiger partial charge in [0.2, 0.25) is 18.1 Å². The molecule has 2 heterocycles. The number of likely N-dealkylation sites (tertiary alicyclic amines) is 1. The molecule has 2 fully saturated rings. The molecule has 2 aliphatic rings. The quantitative estimate of drug-likeness (QED) is 0.453. The Morgan fingerprint density at radius 1 is 1.15 bits per heavy atom. The predicted octanol–water partition coefficient (Wildman–Crippen LogP) is 2.11.